The summed E-state index contributed by atoms with van der Waals surface area (Å²) >= 11 is 5.69. The number of hydrogen-bond acceptors (Lipinski definition) is 3. The lowest BCUT2D eigenvalue weighted by Crippen LogP contribution is -2.52. The number of alkyl halides is 1. The van der Waals surface area contributed by atoms with E-state index in [0.29, 0.717) is 12.8 Å². The molecule has 1 heterocycles. The van der Waals surface area contributed by atoms with Crippen molar-refractivity contribution in [1.82, 2.24) is 9.80 Å². The average molecular weight is 279 g/mol. The smallest absolute Gasteiger partial charge is 0.407 e. The van der Waals surface area contributed by atoms with E-state index >= 15 is 0 Å². The predicted molar refractivity (Wildman–Crippen MR) is 66.7 cm³/mol. The minimum absolute atomic E-state index is 0.177. The predicted octanol–water partition coefficient (Wildman–Crippen LogP) is 0.577. The van der Waals surface area contributed by atoms with Gasteiger partial charge in [0.05, 0.1) is 5.60 Å². The SMILES string of the molecule is CC(Cl)C(=O)N(C)CC1(O)CCN(C(=O)O)CC1. The van der Waals surface area contributed by atoms with E-state index in [0.717, 1.165) is 0 Å². The number of carbonyl (C=O) groups excluding carboxylic acids is 1. The Morgan fingerprint density at radius 2 is 1.94 bits per heavy atom. The number of piperidine rings is 1. The molecule has 1 unspecified atom stereocenters. The molecule has 1 aliphatic rings. The van der Waals surface area contributed by atoms with Gasteiger partial charge in [-0.3, -0.25) is 4.79 Å². The zero-order valence-corrected chi connectivity index (χ0v) is 11.4. The van der Waals surface area contributed by atoms with Crippen LogP contribution in [-0.2, 0) is 4.79 Å². The molecule has 18 heavy (non-hydrogen) atoms. The maximum atomic E-state index is 11.6. The van der Waals surface area contributed by atoms with Gasteiger partial charge < -0.3 is 20.0 Å². The van der Waals surface area contributed by atoms with Crippen LogP contribution in [0.4, 0.5) is 4.79 Å². The van der Waals surface area contributed by atoms with E-state index in [9.17, 15) is 14.7 Å². The molecule has 0 aromatic rings. The van der Waals surface area contributed by atoms with E-state index in [1.54, 1.807) is 14.0 Å². The van der Waals surface area contributed by atoms with Crippen molar-refractivity contribution in [3.8, 4) is 0 Å². The molecule has 0 saturated carbocycles. The Balaban J connectivity index is 2.52. The van der Waals surface area contributed by atoms with Gasteiger partial charge in [0, 0.05) is 26.7 Å². The highest BCUT2D eigenvalue weighted by molar-refractivity contribution is 6.30. The van der Waals surface area contributed by atoms with Gasteiger partial charge in [0.25, 0.3) is 0 Å². The minimum Gasteiger partial charge on any atom is -0.465 e. The number of hydrogen-bond donors (Lipinski definition) is 2. The molecule has 0 bridgehead atoms. The van der Waals surface area contributed by atoms with E-state index in [1.165, 1.54) is 9.80 Å². The first-order valence-electron chi connectivity index (χ1n) is 5.84. The molecular formula is C11H19ClN2O4. The fourth-order valence-electron chi connectivity index (χ4n) is 2.10. The fourth-order valence-corrected chi connectivity index (χ4v) is 2.26. The third-order valence-corrected chi connectivity index (χ3v) is 3.40. The van der Waals surface area contributed by atoms with E-state index in [1.807, 2.05) is 0 Å². The molecule has 0 spiro atoms. The summed E-state index contributed by atoms with van der Waals surface area (Å²) in [6.45, 7) is 2.32. The topological polar surface area (TPSA) is 81.1 Å². The first-order valence-corrected chi connectivity index (χ1v) is 6.28. The number of carboxylic acid groups (broad SMARTS) is 1. The maximum Gasteiger partial charge on any atom is 0.407 e. The highest BCUT2D eigenvalue weighted by atomic mass is 35.5. The lowest BCUT2D eigenvalue weighted by Gasteiger charge is -2.39. The number of halogens is 1. The summed E-state index contributed by atoms with van der Waals surface area (Å²) in [5.41, 5.74) is -1.03. The van der Waals surface area contributed by atoms with E-state index in [-0.39, 0.29) is 25.5 Å². The van der Waals surface area contributed by atoms with Crippen molar-refractivity contribution in [2.45, 2.75) is 30.7 Å². The molecule has 0 aromatic heterocycles. The van der Waals surface area contributed by atoms with Crippen LogP contribution in [0.15, 0.2) is 0 Å². The number of aliphatic hydroxyl groups is 1. The van der Waals surface area contributed by atoms with Crippen LogP contribution in [0.1, 0.15) is 19.8 Å². The summed E-state index contributed by atoms with van der Waals surface area (Å²) < 4.78 is 0. The Bertz CT molecular complexity index is 327. The molecule has 1 fully saturated rings. The Hall–Kier alpha value is -1.01. The van der Waals surface area contributed by atoms with Crippen LogP contribution < -0.4 is 0 Å². The van der Waals surface area contributed by atoms with Crippen LogP contribution in [0.3, 0.4) is 0 Å². The van der Waals surface area contributed by atoms with Gasteiger partial charge in [-0.25, -0.2) is 4.79 Å². The molecule has 7 heteroatoms. The van der Waals surface area contributed by atoms with Crippen LogP contribution >= 0.6 is 11.6 Å². The number of likely N-dealkylation sites (tertiary alicyclic amines) is 1. The van der Waals surface area contributed by atoms with Crippen molar-refractivity contribution < 1.29 is 19.8 Å². The van der Waals surface area contributed by atoms with Crippen LogP contribution in [0.2, 0.25) is 0 Å². The lowest BCUT2D eigenvalue weighted by molar-refractivity contribution is -0.133. The van der Waals surface area contributed by atoms with Gasteiger partial charge in [-0.1, -0.05) is 0 Å². The number of likely N-dealkylation sites (N-methyl/N-ethyl adjacent to an activating group) is 1. The quantitative estimate of drug-likeness (QED) is 0.740. The van der Waals surface area contributed by atoms with E-state index in [2.05, 4.69) is 0 Å². The van der Waals surface area contributed by atoms with Gasteiger partial charge in [0.15, 0.2) is 0 Å². The maximum absolute atomic E-state index is 11.6. The van der Waals surface area contributed by atoms with Gasteiger partial charge in [0.1, 0.15) is 5.38 Å². The zero-order chi connectivity index (χ0) is 13.9. The second-order valence-electron chi connectivity index (χ2n) is 4.80. The summed E-state index contributed by atoms with van der Waals surface area (Å²) in [6.07, 6.45) is -0.322. The van der Waals surface area contributed by atoms with Crippen LogP contribution in [0, 0.1) is 0 Å². The van der Waals surface area contributed by atoms with Gasteiger partial charge in [0.2, 0.25) is 5.91 Å². The first-order chi connectivity index (χ1) is 8.25. The fraction of sp³-hybridized carbons (Fsp3) is 0.818. The van der Waals surface area contributed by atoms with Crippen molar-refractivity contribution in [3.05, 3.63) is 0 Å². The molecule has 2 N–H and O–H groups in total. The highest BCUT2D eigenvalue weighted by Crippen LogP contribution is 2.23. The largest absolute Gasteiger partial charge is 0.465 e. The monoisotopic (exact) mass is 278 g/mol. The number of amides is 2. The molecule has 1 rings (SSSR count). The van der Waals surface area contributed by atoms with Gasteiger partial charge in [-0.2, -0.15) is 0 Å². The second-order valence-corrected chi connectivity index (χ2v) is 5.46. The van der Waals surface area contributed by atoms with Gasteiger partial charge in [-0.05, 0) is 19.8 Å². The summed E-state index contributed by atoms with van der Waals surface area (Å²) in [7, 11) is 1.59. The molecule has 104 valence electrons. The molecule has 2 amide bonds. The van der Waals surface area contributed by atoms with E-state index in [4.69, 9.17) is 16.7 Å². The molecule has 1 aliphatic heterocycles. The van der Waals surface area contributed by atoms with E-state index < -0.39 is 17.1 Å². The molecular weight excluding hydrogens is 260 g/mol. The lowest BCUT2D eigenvalue weighted by atomic mass is 9.91. The third-order valence-electron chi connectivity index (χ3n) is 3.21. The minimum atomic E-state index is -1.03. The second kappa shape index (κ2) is 5.75. The van der Waals surface area contributed by atoms with Gasteiger partial charge in [-0.15, -0.1) is 11.6 Å². The number of nitrogens with zero attached hydrogens (tertiary/aromatic N) is 2. The molecule has 6 nitrogen and oxygen atoms in total. The van der Waals surface area contributed by atoms with Crippen LogP contribution in [-0.4, -0.2) is 69.7 Å². The van der Waals surface area contributed by atoms with Crippen LogP contribution in [0.25, 0.3) is 0 Å². The van der Waals surface area contributed by atoms with Crippen molar-refractivity contribution in [2.24, 2.45) is 0 Å². The Morgan fingerprint density at radius 1 is 1.44 bits per heavy atom. The van der Waals surface area contributed by atoms with Crippen molar-refractivity contribution in [1.29, 1.82) is 0 Å². The molecule has 1 atom stereocenters. The molecule has 0 aromatic carbocycles. The summed E-state index contributed by atoms with van der Waals surface area (Å²) in [6, 6.07) is 0. The van der Waals surface area contributed by atoms with Crippen molar-refractivity contribution in [3.63, 3.8) is 0 Å². The van der Waals surface area contributed by atoms with Gasteiger partial charge >= 0.3 is 6.09 Å². The standard InChI is InChI=1S/C11H19ClN2O4/c1-8(12)9(15)13(2)7-11(18)3-5-14(6-4-11)10(16)17/h8,18H,3-7H2,1-2H3,(H,16,17). The molecule has 1 saturated heterocycles. The summed E-state index contributed by atoms with van der Waals surface area (Å²) in [5, 5.41) is 18.5. The first kappa shape index (κ1) is 15.0. The number of carbonyl (C=O) groups is 2. The van der Waals surface area contributed by atoms with Crippen LogP contribution in [0.5, 0.6) is 0 Å². The Morgan fingerprint density at radius 3 is 2.33 bits per heavy atom. The number of rotatable bonds is 3. The van der Waals surface area contributed by atoms with Crippen molar-refractivity contribution >= 4 is 23.6 Å². The Kier molecular flexibility index (Phi) is 4.81. The third kappa shape index (κ3) is 3.74. The highest BCUT2D eigenvalue weighted by Gasteiger charge is 2.36. The normalized spacial score (nSPS) is 20.3. The van der Waals surface area contributed by atoms with Crippen molar-refractivity contribution in [2.75, 3.05) is 26.7 Å². The molecule has 0 radical (unpaired) electrons. The average Bonchev–Trinajstić information content (AvgIpc) is 2.27. The molecule has 0 aliphatic carbocycles. The summed E-state index contributed by atoms with van der Waals surface area (Å²) in [4.78, 5) is 25.0. The zero-order valence-electron chi connectivity index (χ0n) is 10.6. The summed E-state index contributed by atoms with van der Waals surface area (Å²) in [5.74, 6) is -0.245. The Labute approximate surface area is 111 Å².